The van der Waals surface area contributed by atoms with Crippen LogP contribution in [0.3, 0.4) is 0 Å². The standard InChI is InChI=1S/C17H18NO8P/c1-22-15-9-12(10-16(11-15)23-2)17-7-8-24-27(21,26-17)25-14-5-3-13(4-6-14)18(19)20/h3-6,9-11,17H,7-8H2,1-2H3/t17-,27?/m0/s1. The molecule has 0 radical (unpaired) electrons. The van der Waals surface area contributed by atoms with Gasteiger partial charge in [0.15, 0.2) is 0 Å². The molecule has 2 aromatic rings. The molecule has 1 saturated heterocycles. The molecule has 0 saturated carbocycles. The maximum atomic E-state index is 12.9. The van der Waals surface area contributed by atoms with Crippen molar-refractivity contribution in [3.05, 3.63) is 58.1 Å². The first kappa shape index (κ1) is 19.2. The van der Waals surface area contributed by atoms with E-state index in [-0.39, 0.29) is 18.0 Å². The van der Waals surface area contributed by atoms with Crippen molar-refractivity contribution in [2.24, 2.45) is 0 Å². The second-order valence-electron chi connectivity index (χ2n) is 5.65. The van der Waals surface area contributed by atoms with E-state index in [9.17, 15) is 14.7 Å². The molecular formula is C17H18NO8P. The summed E-state index contributed by atoms with van der Waals surface area (Å²) in [4.78, 5) is 10.2. The first-order valence-electron chi connectivity index (χ1n) is 8.02. The summed E-state index contributed by atoms with van der Waals surface area (Å²) in [5, 5.41) is 10.7. The normalized spacial score (nSPS) is 22.1. The fourth-order valence-electron chi connectivity index (χ4n) is 2.56. The minimum Gasteiger partial charge on any atom is -0.497 e. The number of phosphoric ester groups is 1. The first-order valence-corrected chi connectivity index (χ1v) is 9.48. The summed E-state index contributed by atoms with van der Waals surface area (Å²) in [6.45, 7) is 0.161. The van der Waals surface area contributed by atoms with Crippen LogP contribution in [0.15, 0.2) is 42.5 Å². The average Bonchev–Trinajstić information content (AvgIpc) is 2.67. The Morgan fingerprint density at radius 1 is 1.07 bits per heavy atom. The number of non-ortho nitro benzene ring substituents is 1. The molecule has 1 fully saturated rings. The molecule has 10 heteroatoms. The molecule has 0 bridgehead atoms. The molecule has 9 nitrogen and oxygen atoms in total. The molecule has 3 rings (SSSR count). The second kappa shape index (κ2) is 7.96. The second-order valence-corrected chi connectivity index (χ2v) is 7.20. The Bertz CT molecular complexity index is 847. The van der Waals surface area contributed by atoms with E-state index in [2.05, 4.69) is 0 Å². The molecule has 0 aromatic heterocycles. The minimum atomic E-state index is -3.89. The Labute approximate surface area is 155 Å². The highest BCUT2D eigenvalue weighted by Gasteiger charge is 2.38. The van der Waals surface area contributed by atoms with Crippen molar-refractivity contribution < 1.29 is 32.5 Å². The first-order chi connectivity index (χ1) is 12.9. The Kier molecular flexibility index (Phi) is 5.65. The van der Waals surface area contributed by atoms with Crippen LogP contribution in [0.5, 0.6) is 17.2 Å². The Balaban J connectivity index is 1.78. The number of nitro groups is 1. The summed E-state index contributed by atoms with van der Waals surface area (Å²) >= 11 is 0. The van der Waals surface area contributed by atoms with Gasteiger partial charge in [-0.25, -0.2) is 4.57 Å². The van der Waals surface area contributed by atoms with Crippen molar-refractivity contribution in [2.75, 3.05) is 20.8 Å². The third-order valence-electron chi connectivity index (χ3n) is 3.90. The maximum Gasteiger partial charge on any atom is 0.530 e. The number of hydrogen-bond acceptors (Lipinski definition) is 8. The van der Waals surface area contributed by atoms with E-state index in [0.29, 0.717) is 23.5 Å². The molecule has 2 atom stereocenters. The lowest BCUT2D eigenvalue weighted by atomic mass is 10.1. The molecule has 1 unspecified atom stereocenters. The summed E-state index contributed by atoms with van der Waals surface area (Å²) in [6.07, 6.45) is -0.0872. The molecule has 0 N–H and O–H groups in total. The number of nitro benzene ring substituents is 1. The topological polar surface area (TPSA) is 106 Å². The zero-order valence-electron chi connectivity index (χ0n) is 14.7. The van der Waals surface area contributed by atoms with Crippen LogP contribution in [0.4, 0.5) is 5.69 Å². The van der Waals surface area contributed by atoms with E-state index < -0.39 is 18.8 Å². The molecule has 1 heterocycles. The lowest BCUT2D eigenvalue weighted by Crippen LogP contribution is -2.16. The fraction of sp³-hybridized carbons (Fsp3) is 0.294. The van der Waals surface area contributed by atoms with Gasteiger partial charge in [-0.3, -0.25) is 19.2 Å². The van der Waals surface area contributed by atoms with Crippen molar-refractivity contribution in [3.63, 3.8) is 0 Å². The predicted octanol–water partition coefficient (Wildman–Crippen LogP) is 4.28. The fourth-order valence-corrected chi connectivity index (χ4v) is 3.96. The van der Waals surface area contributed by atoms with E-state index in [0.717, 1.165) is 0 Å². The number of rotatable bonds is 6. The van der Waals surface area contributed by atoms with Gasteiger partial charge in [0.1, 0.15) is 17.2 Å². The van der Waals surface area contributed by atoms with Gasteiger partial charge in [-0.2, -0.15) is 0 Å². The Morgan fingerprint density at radius 2 is 1.70 bits per heavy atom. The third-order valence-corrected chi connectivity index (χ3v) is 5.34. The summed E-state index contributed by atoms with van der Waals surface area (Å²) in [6, 6.07) is 10.4. The van der Waals surface area contributed by atoms with Gasteiger partial charge in [0.25, 0.3) is 5.69 Å². The van der Waals surface area contributed by atoms with Crippen LogP contribution in [-0.4, -0.2) is 25.7 Å². The number of hydrogen-bond donors (Lipinski definition) is 0. The highest BCUT2D eigenvalue weighted by atomic mass is 31.2. The lowest BCUT2D eigenvalue weighted by molar-refractivity contribution is -0.384. The molecule has 0 aliphatic carbocycles. The quantitative estimate of drug-likeness (QED) is 0.405. The number of phosphoric acid groups is 1. The van der Waals surface area contributed by atoms with Crippen molar-refractivity contribution in [2.45, 2.75) is 12.5 Å². The van der Waals surface area contributed by atoms with Crippen LogP contribution in [0.2, 0.25) is 0 Å². The summed E-state index contributed by atoms with van der Waals surface area (Å²) in [5.41, 5.74) is 0.606. The van der Waals surface area contributed by atoms with E-state index in [1.807, 2.05) is 0 Å². The van der Waals surface area contributed by atoms with Crippen LogP contribution in [0.25, 0.3) is 0 Å². The van der Waals surface area contributed by atoms with Gasteiger partial charge in [-0.05, 0) is 29.8 Å². The van der Waals surface area contributed by atoms with Crippen LogP contribution in [0.1, 0.15) is 18.1 Å². The lowest BCUT2D eigenvalue weighted by Gasteiger charge is -2.29. The van der Waals surface area contributed by atoms with Crippen LogP contribution >= 0.6 is 7.82 Å². The molecule has 144 valence electrons. The molecular weight excluding hydrogens is 377 g/mol. The van der Waals surface area contributed by atoms with E-state index in [4.69, 9.17) is 23.0 Å². The van der Waals surface area contributed by atoms with E-state index in [1.54, 1.807) is 18.2 Å². The van der Waals surface area contributed by atoms with Gasteiger partial charge >= 0.3 is 7.82 Å². The van der Waals surface area contributed by atoms with Gasteiger partial charge in [-0.1, -0.05) is 0 Å². The number of methoxy groups -OCH3 is 2. The van der Waals surface area contributed by atoms with Crippen molar-refractivity contribution in [1.82, 2.24) is 0 Å². The van der Waals surface area contributed by atoms with E-state index >= 15 is 0 Å². The van der Waals surface area contributed by atoms with Crippen molar-refractivity contribution in [1.29, 1.82) is 0 Å². The molecule has 0 spiro atoms. The van der Waals surface area contributed by atoms with Gasteiger partial charge in [0.05, 0.1) is 31.9 Å². The Hall–Kier alpha value is -2.61. The predicted molar refractivity (Wildman–Crippen MR) is 95.3 cm³/mol. The zero-order valence-corrected chi connectivity index (χ0v) is 15.6. The van der Waals surface area contributed by atoms with Crippen molar-refractivity contribution >= 4 is 13.5 Å². The summed E-state index contributed by atoms with van der Waals surface area (Å²) < 4.78 is 39.5. The molecule has 27 heavy (non-hydrogen) atoms. The number of nitrogens with zero attached hydrogens (tertiary/aromatic N) is 1. The maximum absolute atomic E-state index is 12.9. The summed E-state index contributed by atoms with van der Waals surface area (Å²) in [5.74, 6) is 1.30. The highest BCUT2D eigenvalue weighted by molar-refractivity contribution is 7.49. The van der Waals surface area contributed by atoms with Gasteiger partial charge < -0.3 is 14.0 Å². The SMILES string of the molecule is COc1cc(OC)cc([C@@H]2CCOP(=O)(Oc3ccc([N+](=O)[O-])cc3)O2)c1. The van der Waals surface area contributed by atoms with Crippen LogP contribution < -0.4 is 14.0 Å². The zero-order chi connectivity index (χ0) is 19.4. The van der Waals surface area contributed by atoms with Crippen LogP contribution in [0, 0.1) is 10.1 Å². The van der Waals surface area contributed by atoms with Gasteiger partial charge in [0.2, 0.25) is 0 Å². The largest absolute Gasteiger partial charge is 0.530 e. The van der Waals surface area contributed by atoms with Crippen LogP contribution in [-0.2, 0) is 13.6 Å². The number of benzene rings is 2. The highest BCUT2D eigenvalue weighted by Crippen LogP contribution is 2.57. The third kappa shape index (κ3) is 4.57. The Morgan fingerprint density at radius 3 is 2.26 bits per heavy atom. The van der Waals surface area contributed by atoms with Gasteiger partial charge in [-0.15, -0.1) is 0 Å². The average molecular weight is 395 g/mol. The molecule has 2 aromatic carbocycles. The smallest absolute Gasteiger partial charge is 0.497 e. The van der Waals surface area contributed by atoms with Crippen molar-refractivity contribution in [3.8, 4) is 17.2 Å². The molecule has 1 aliphatic heterocycles. The summed E-state index contributed by atoms with van der Waals surface area (Å²) in [7, 11) is -0.827. The minimum absolute atomic E-state index is 0.104. The molecule has 0 amide bonds. The van der Waals surface area contributed by atoms with Gasteiger partial charge in [0, 0.05) is 24.6 Å². The molecule has 1 aliphatic rings. The van der Waals surface area contributed by atoms with E-state index in [1.165, 1.54) is 38.5 Å². The monoisotopic (exact) mass is 395 g/mol. The number of ether oxygens (including phenoxy) is 2.